The van der Waals surface area contributed by atoms with Gasteiger partial charge in [-0.3, -0.25) is 0 Å². The number of hydrogen-bond acceptors (Lipinski definition) is 2. The molecule has 0 N–H and O–H groups in total. The molecule has 0 aromatic rings. The molecule has 0 aromatic heterocycles. The van der Waals surface area contributed by atoms with Crippen molar-refractivity contribution in [1.82, 2.24) is 0 Å². The molecule has 4 atom stereocenters. The van der Waals surface area contributed by atoms with Crippen molar-refractivity contribution in [2.75, 3.05) is 0 Å². The number of epoxide rings is 1. The van der Waals surface area contributed by atoms with Gasteiger partial charge in [0.05, 0.1) is 12.2 Å². The minimum absolute atomic E-state index is 0.227. The molecule has 0 spiro atoms. The van der Waals surface area contributed by atoms with Crippen LogP contribution in [0.3, 0.4) is 0 Å². The van der Waals surface area contributed by atoms with Gasteiger partial charge in [-0.2, -0.15) is 0 Å². The number of fused-ring (bicyclic) bond motifs is 1. The normalized spacial score (nSPS) is 38.8. The third-order valence-corrected chi connectivity index (χ3v) is 8.94. The first-order chi connectivity index (χ1) is 7.15. The first kappa shape index (κ1) is 12.3. The molecule has 2 nitrogen and oxygen atoms in total. The lowest BCUT2D eigenvalue weighted by atomic mass is 10.1. The maximum absolute atomic E-state index is 6.45. The Balaban J connectivity index is 2.08. The van der Waals surface area contributed by atoms with E-state index in [-0.39, 0.29) is 11.1 Å². The Morgan fingerprint density at radius 2 is 1.88 bits per heavy atom. The number of ether oxygens (including phenoxy) is 1. The van der Waals surface area contributed by atoms with Gasteiger partial charge in [0, 0.05) is 5.92 Å². The molecule has 0 bridgehead atoms. The first-order valence-electron chi connectivity index (χ1n) is 6.17. The van der Waals surface area contributed by atoms with Crippen LogP contribution in [0.1, 0.15) is 27.7 Å². The smallest absolute Gasteiger partial charge is 0.192 e. The van der Waals surface area contributed by atoms with Crippen LogP contribution >= 0.6 is 0 Å². The van der Waals surface area contributed by atoms with E-state index in [0.717, 1.165) is 0 Å². The molecule has 1 saturated carbocycles. The second kappa shape index (κ2) is 3.44. The van der Waals surface area contributed by atoms with Gasteiger partial charge < -0.3 is 9.16 Å². The predicted octanol–water partition coefficient (Wildman–Crippen LogP) is 3.35. The average molecular weight is 240 g/mol. The van der Waals surface area contributed by atoms with Gasteiger partial charge in [-0.05, 0) is 23.7 Å². The highest BCUT2D eigenvalue weighted by atomic mass is 28.4. The largest absolute Gasteiger partial charge is 0.410 e. The summed E-state index contributed by atoms with van der Waals surface area (Å²) in [5.41, 5.74) is 1.17. The van der Waals surface area contributed by atoms with E-state index in [2.05, 4.69) is 47.4 Å². The molecule has 1 aliphatic carbocycles. The molecule has 92 valence electrons. The monoisotopic (exact) mass is 240 g/mol. The summed E-state index contributed by atoms with van der Waals surface area (Å²) in [6.45, 7) is 17.8. The van der Waals surface area contributed by atoms with Crippen LogP contribution in [0.5, 0.6) is 0 Å². The van der Waals surface area contributed by atoms with Crippen molar-refractivity contribution in [3.05, 3.63) is 12.2 Å². The summed E-state index contributed by atoms with van der Waals surface area (Å²) >= 11 is 0. The summed E-state index contributed by atoms with van der Waals surface area (Å²) in [6.07, 6.45) is 0.914. The Kier molecular flexibility index (Phi) is 2.65. The van der Waals surface area contributed by atoms with Crippen LogP contribution in [0.15, 0.2) is 12.2 Å². The van der Waals surface area contributed by atoms with E-state index in [0.29, 0.717) is 18.1 Å². The van der Waals surface area contributed by atoms with Gasteiger partial charge in [-0.15, -0.1) is 0 Å². The molecule has 0 unspecified atom stereocenters. The zero-order valence-electron chi connectivity index (χ0n) is 11.3. The quantitative estimate of drug-likeness (QED) is 0.419. The van der Waals surface area contributed by atoms with Crippen LogP contribution in [0.2, 0.25) is 18.1 Å². The van der Waals surface area contributed by atoms with Crippen LogP contribution in [-0.2, 0) is 9.16 Å². The van der Waals surface area contributed by atoms with Gasteiger partial charge >= 0.3 is 0 Å². The fourth-order valence-electron chi connectivity index (χ4n) is 2.17. The lowest BCUT2D eigenvalue weighted by Gasteiger charge is -2.40. The Morgan fingerprint density at radius 3 is 2.25 bits per heavy atom. The van der Waals surface area contributed by atoms with E-state index < -0.39 is 8.32 Å². The van der Waals surface area contributed by atoms with E-state index in [9.17, 15) is 0 Å². The SMILES string of the molecule is C=C1[C@H](O[Si](C)(C)C(C)(C)C)[C@@H](C)[C@H]2O[C@@H]12. The summed E-state index contributed by atoms with van der Waals surface area (Å²) in [4.78, 5) is 0. The van der Waals surface area contributed by atoms with Crippen LogP contribution in [0.25, 0.3) is 0 Å². The zero-order chi connectivity index (χ0) is 12.3. The summed E-state index contributed by atoms with van der Waals surface area (Å²) in [5, 5.41) is 0.265. The molecule has 2 rings (SSSR count). The summed E-state index contributed by atoms with van der Waals surface area (Å²) in [5.74, 6) is 0.478. The average Bonchev–Trinajstić information content (AvgIpc) is 2.84. The highest BCUT2D eigenvalue weighted by Gasteiger charge is 2.58. The predicted molar refractivity (Wildman–Crippen MR) is 69.0 cm³/mol. The van der Waals surface area contributed by atoms with Crippen molar-refractivity contribution >= 4 is 8.32 Å². The highest BCUT2D eigenvalue weighted by molar-refractivity contribution is 6.74. The van der Waals surface area contributed by atoms with Crippen LogP contribution in [-0.4, -0.2) is 26.6 Å². The molecule has 16 heavy (non-hydrogen) atoms. The zero-order valence-corrected chi connectivity index (χ0v) is 12.3. The molecule has 1 heterocycles. The highest BCUT2D eigenvalue weighted by Crippen LogP contribution is 2.49. The van der Waals surface area contributed by atoms with Gasteiger partial charge in [-0.1, -0.05) is 34.3 Å². The van der Waals surface area contributed by atoms with E-state index >= 15 is 0 Å². The third kappa shape index (κ3) is 1.79. The van der Waals surface area contributed by atoms with Crippen molar-refractivity contribution in [2.24, 2.45) is 5.92 Å². The van der Waals surface area contributed by atoms with Gasteiger partial charge in [-0.25, -0.2) is 0 Å². The minimum Gasteiger partial charge on any atom is -0.410 e. The fraction of sp³-hybridized carbons (Fsp3) is 0.846. The molecular weight excluding hydrogens is 216 g/mol. The lowest BCUT2D eigenvalue weighted by Crippen LogP contribution is -2.45. The molecule has 2 aliphatic rings. The topological polar surface area (TPSA) is 21.8 Å². The first-order valence-corrected chi connectivity index (χ1v) is 9.08. The van der Waals surface area contributed by atoms with Gasteiger partial charge in [0.15, 0.2) is 8.32 Å². The van der Waals surface area contributed by atoms with Crippen molar-refractivity contribution in [2.45, 2.75) is 64.1 Å². The van der Waals surface area contributed by atoms with Crippen molar-refractivity contribution in [1.29, 1.82) is 0 Å². The molecule has 0 radical (unpaired) electrons. The molecule has 3 heteroatoms. The second-order valence-electron chi connectivity index (χ2n) is 6.75. The fourth-order valence-corrected chi connectivity index (χ4v) is 3.53. The second-order valence-corrected chi connectivity index (χ2v) is 11.5. The molecule has 2 fully saturated rings. The Hall–Kier alpha value is -0.123. The van der Waals surface area contributed by atoms with Crippen molar-refractivity contribution in [3.8, 4) is 0 Å². The molecule has 1 aliphatic heterocycles. The molecule has 0 aromatic carbocycles. The maximum Gasteiger partial charge on any atom is 0.192 e. The van der Waals surface area contributed by atoms with E-state index in [4.69, 9.17) is 9.16 Å². The van der Waals surface area contributed by atoms with Gasteiger partial charge in [0.25, 0.3) is 0 Å². The standard InChI is InChI=1S/C13H24O2Si/c1-8-10(9(2)12-11(8)14-12)15-16(6,7)13(3,4)5/h9-12H,1H2,2-7H3/t9-,10+,11+,12-/m1/s1. The van der Waals surface area contributed by atoms with E-state index in [1.807, 2.05) is 0 Å². The maximum atomic E-state index is 6.45. The van der Waals surface area contributed by atoms with Gasteiger partial charge in [0.1, 0.15) is 6.10 Å². The van der Waals surface area contributed by atoms with Crippen molar-refractivity contribution < 1.29 is 9.16 Å². The Labute approximate surface area is 100 Å². The Bertz CT molecular complexity index is 316. The number of hydrogen-bond donors (Lipinski definition) is 0. The summed E-state index contributed by atoms with van der Waals surface area (Å²) in [7, 11) is -1.68. The van der Waals surface area contributed by atoms with Gasteiger partial charge in [0.2, 0.25) is 0 Å². The van der Waals surface area contributed by atoms with E-state index in [1.165, 1.54) is 5.57 Å². The van der Waals surface area contributed by atoms with Crippen LogP contribution in [0.4, 0.5) is 0 Å². The third-order valence-electron chi connectivity index (χ3n) is 4.48. The summed E-state index contributed by atoms with van der Waals surface area (Å²) < 4.78 is 12.0. The van der Waals surface area contributed by atoms with E-state index in [1.54, 1.807) is 0 Å². The Morgan fingerprint density at radius 1 is 1.31 bits per heavy atom. The van der Waals surface area contributed by atoms with Crippen LogP contribution in [0, 0.1) is 5.92 Å². The number of rotatable bonds is 2. The molecule has 0 amide bonds. The molecular formula is C13H24O2Si. The lowest BCUT2D eigenvalue weighted by molar-refractivity contribution is 0.128. The minimum atomic E-state index is -1.68. The van der Waals surface area contributed by atoms with Crippen LogP contribution < -0.4 is 0 Å². The van der Waals surface area contributed by atoms with Crippen molar-refractivity contribution in [3.63, 3.8) is 0 Å². The molecule has 1 saturated heterocycles. The summed E-state index contributed by atoms with van der Waals surface area (Å²) in [6, 6.07) is 0.